The van der Waals surface area contributed by atoms with Crippen LogP contribution in [-0.2, 0) is 16.6 Å². The molecule has 2 bridgehead atoms. The van der Waals surface area contributed by atoms with E-state index in [-0.39, 0.29) is 23.8 Å². The molecule has 5 heteroatoms. The molecule has 3 N–H and O–H groups in total. The van der Waals surface area contributed by atoms with Gasteiger partial charge in [0, 0.05) is 24.6 Å². The van der Waals surface area contributed by atoms with E-state index in [0.29, 0.717) is 18.6 Å². The van der Waals surface area contributed by atoms with Crippen LogP contribution in [0.5, 0.6) is 11.5 Å². The van der Waals surface area contributed by atoms with Crippen molar-refractivity contribution in [2.24, 2.45) is 16.7 Å². The highest BCUT2D eigenvalue weighted by Crippen LogP contribution is 2.72. The van der Waals surface area contributed by atoms with Gasteiger partial charge in [-0.1, -0.05) is 39.7 Å². The highest BCUT2D eigenvalue weighted by Gasteiger charge is 2.78. The van der Waals surface area contributed by atoms with Crippen molar-refractivity contribution in [3.05, 3.63) is 23.3 Å². The number of hydrogen-bond donors (Lipinski definition) is 3. The third-order valence-corrected chi connectivity index (χ3v) is 10.0. The van der Waals surface area contributed by atoms with Gasteiger partial charge < -0.3 is 25.0 Å². The van der Waals surface area contributed by atoms with Crippen LogP contribution in [-0.4, -0.2) is 47.2 Å². The number of phenols is 1. The third kappa shape index (κ3) is 2.18. The van der Waals surface area contributed by atoms with Gasteiger partial charge in [-0.15, -0.1) is 6.42 Å². The fraction of sp³-hybridized carbons (Fsp3) is 0.704. The smallest absolute Gasteiger partial charge is 0.165 e. The zero-order valence-electron chi connectivity index (χ0n) is 20.2. The molecule has 2 aliphatic heterocycles. The zero-order valence-corrected chi connectivity index (χ0v) is 20.2. The lowest BCUT2D eigenvalue weighted by molar-refractivity contribution is -0.262. The average Bonchev–Trinajstić information content (AvgIpc) is 3.09. The van der Waals surface area contributed by atoms with Gasteiger partial charge in [0.05, 0.1) is 16.4 Å². The lowest BCUT2D eigenvalue weighted by atomic mass is 9.38. The Bertz CT molecular complexity index is 998. The Hall–Kier alpha value is -1.74. The van der Waals surface area contributed by atoms with Crippen molar-refractivity contribution in [2.75, 3.05) is 13.7 Å². The van der Waals surface area contributed by atoms with E-state index in [9.17, 15) is 10.2 Å². The molecule has 0 amide bonds. The Morgan fingerprint density at radius 1 is 1.31 bits per heavy atom. The Morgan fingerprint density at radius 2 is 2.03 bits per heavy atom. The topological polar surface area (TPSA) is 71.0 Å². The number of piperidine rings is 1. The Morgan fingerprint density at radius 3 is 2.62 bits per heavy atom. The van der Waals surface area contributed by atoms with E-state index in [1.165, 1.54) is 5.56 Å². The summed E-state index contributed by atoms with van der Waals surface area (Å²) in [6.07, 6.45) is 9.01. The molecule has 5 rings (SSSR count). The van der Waals surface area contributed by atoms with Crippen molar-refractivity contribution in [3.63, 3.8) is 0 Å². The quantitative estimate of drug-likeness (QED) is 0.629. The van der Waals surface area contributed by atoms with Crippen LogP contribution in [0.25, 0.3) is 0 Å². The molecular formula is C27H37NO4. The SMILES string of the molecule is C#CC12CC(C(C)(O)C(C)(C)C)C(CC)(OC)C3Oc4c(O)ccc5c4C31CCNC2C5. The summed E-state index contributed by atoms with van der Waals surface area (Å²) in [7, 11) is 1.74. The molecule has 1 aromatic rings. The first-order chi connectivity index (χ1) is 15.0. The number of rotatable bonds is 3. The maximum atomic E-state index is 12.1. The molecule has 174 valence electrons. The number of hydrogen-bond acceptors (Lipinski definition) is 5. The van der Waals surface area contributed by atoms with Gasteiger partial charge in [0.2, 0.25) is 0 Å². The van der Waals surface area contributed by atoms with Gasteiger partial charge in [0.1, 0.15) is 11.7 Å². The molecule has 2 fully saturated rings. The second-order valence-electron chi connectivity index (χ2n) is 11.7. The molecule has 1 saturated carbocycles. The van der Waals surface area contributed by atoms with E-state index >= 15 is 0 Å². The molecular weight excluding hydrogens is 402 g/mol. The summed E-state index contributed by atoms with van der Waals surface area (Å²) in [5.74, 6) is 3.77. The first-order valence-electron chi connectivity index (χ1n) is 12.0. The van der Waals surface area contributed by atoms with Crippen LogP contribution in [0, 0.1) is 29.1 Å². The van der Waals surface area contributed by atoms with Crippen molar-refractivity contribution in [1.29, 1.82) is 0 Å². The molecule has 7 unspecified atom stereocenters. The Kier molecular flexibility index (Phi) is 4.44. The number of terminal acetylenes is 1. The molecule has 4 aliphatic rings. The highest BCUT2D eigenvalue weighted by atomic mass is 16.6. The van der Waals surface area contributed by atoms with Crippen LogP contribution in [0.3, 0.4) is 0 Å². The van der Waals surface area contributed by atoms with Gasteiger partial charge in [-0.05, 0) is 56.2 Å². The van der Waals surface area contributed by atoms with Gasteiger partial charge in [0.15, 0.2) is 11.5 Å². The summed E-state index contributed by atoms with van der Waals surface area (Å²) in [4.78, 5) is 0. The number of benzene rings is 1. The third-order valence-electron chi connectivity index (χ3n) is 10.0. The minimum absolute atomic E-state index is 0.0836. The molecule has 2 heterocycles. The standard InChI is InChI=1S/C27H37NO4/c1-8-25-15-18(24(6,30)23(3,4)5)27(9-2,31-7)22-26(25)12-13-28-19(25)14-16-10-11-17(29)21(32-22)20(16)26/h1,10-11,18-19,22,28-30H,9,12-15H2,2-7H3. The number of aliphatic hydroxyl groups is 1. The van der Waals surface area contributed by atoms with Crippen LogP contribution in [0.1, 0.15) is 65.0 Å². The summed E-state index contributed by atoms with van der Waals surface area (Å²) in [6, 6.07) is 3.85. The minimum atomic E-state index is -1.06. The number of nitrogens with one attached hydrogen (secondary N) is 1. The van der Waals surface area contributed by atoms with Gasteiger partial charge >= 0.3 is 0 Å². The molecule has 1 aromatic carbocycles. The molecule has 1 saturated heterocycles. The van der Waals surface area contributed by atoms with Gasteiger partial charge in [-0.25, -0.2) is 0 Å². The van der Waals surface area contributed by atoms with Gasteiger partial charge in [-0.3, -0.25) is 0 Å². The molecule has 32 heavy (non-hydrogen) atoms. The van der Waals surface area contributed by atoms with E-state index in [0.717, 1.165) is 24.9 Å². The second-order valence-corrected chi connectivity index (χ2v) is 11.7. The fourth-order valence-corrected chi connectivity index (χ4v) is 7.90. The molecule has 1 spiro atoms. The minimum Gasteiger partial charge on any atom is -0.504 e. The van der Waals surface area contributed by atoms with E-state index in [2.05, 4.69) is 38.9 Å². The van der Waals surface area contributed by atoms with Crippen molar-refractivity contribution >= 4 is 0 Å². The van der Waals surface area contributed by atoms with Crippen molar-refractivity contribution in [1.82, 2.24) is 5.32 Å². The van der Waals surface area contributed by atoms with E-state index in [4.69, 9.17) is 15.9 Å². The first-order valence-corrected chi connectivity index (χ1v) is 12.0. The molecule has 7 atom stereocenters. The molecule has 2 aliphatic carbocycles. The lowest BCUT2D eigenvalue weighted by Crippen LogP contribution is -2.79. The first kappa shape index (κ1) is 22.1. The van der Waals surface area contributed by atoms with Crippen LogP contribution in [0.4, 0.5) is 0 Å². The van der Waals surface area contributed by atoms with E-state index in [1.54, 1.807) is 13.2 Å². The number of ether oxygens (including phenoxy) is 2. The summed E-state index contributed by atoms with van der Waals surface area (Å²) < 4.78 is 13.2. The Balaban J connectivity index is 1.85. The number of aromatic hydroxyl groups is 1. The molecule has 5 nitrogen and oxygen atoms in total. The van der Waals surface area contributed by atoms with Crippen LogP contribution >= 0.6 is 0 Å². The maximum Gasteiger partial charge on any atom is 0.165 e. The van der Waals surface area contributed by atoms with Crippen LogP contribution in [0.2, 0.25) is 0 Å². The predicted octanol–water partition coefficient (Wildman–Crippen LogP) is 3.54. The number of phenolic OH excluding ortho intramolecular Hbond substituents is 1. The highest BCUT2D eigenvalue weighted by molar-refractivity contribution is 5.64. The van der Waals surface area contributed by atoms with Crippen LogP contribution < -0.4 is 10.1 Å². The zero-order chi connectivity index (χ0) is 23.3. The molecule has 0 aromatic heterocycles. The van der Waals surface area contributed by atoms with Gasteiger partial charge in [-0.2, -0.15) is 0 Å². The fourth-order valence-electron chi connectivity index (χ4n) is 7.90. The van der Waals surface area contributed by atoms with Gasteiger partial charge in [0.25, 0.3) is 0 Å². The normalized spacial score (nSPS) is 41.2. The summed E-state index contributed by atoms with van der Waals surface area (Å²) >= 11 is 0. The maximum absolute atomic E-state index is 12.1. The van der Waals surface area contributed by atoms with Crippen LogP contribution in [0.15, 0.2) is 12.1 Å². The van der Waals surface area contributed by atoms with E-state index in [1.807, 2.05) is 13.0 Å². The predicted molar refractivity (Wildman–Crippen MR) is 124 cm³/mol. The summed E-state index contributed by atoms with van der Waals surface area (Å²) in [5, 5.41) is 26.7. The van der Waals surface area contributed by atoms with Crippen molar-refractivity contribution in [2.45, 2.75) is 89.1 Å². The average molecular weight is 440 g/mol. The Labute approximate surface area is 191 Å². The van der Waals surface area contributed by atoms with E-state index < -0.39 is 27.4 Å². The molecule has 0 radical (unpaired) electrons. The van der Waals surface area contributed by atoms with Crippen molar-refractivity contribution in [3.8, 4) is 23.8 Å². The largest absolute Gasteiger partial charge is 0.504 e. The number of methoxy groups -OCH3 is 1. The summed E-state index contributed by atoms with van der Waals surface area (Å²) in [6.45, 7) is 11.1. The van der Waals surface area contributed by atoms with Crippen molar-refractivity contribution < 1.29 is 19.7 Å². The lowest BCUT2D eigenvalue weighted by Gasteiger charge is -2.68. The monoisotopic (exact) mass is 439 g/mol. The summed E-state index contributed by atoms with van der Waals surface area (Å²) in [5.41, 5.74) is -0.924. The second kappa shape index (κ2) is 6.44.